The molecule has 0 fully saturated rings. The second kappa shape index (κ2) is 11.1. The average Bonchev–Trinajstić information content (AvgIpc) is 2.56. The second-order valence-electron chi connectivity index (χ2n) is 5.89. The van der Waals surface area contributed by atoms with Crippen LogP contribution in [0.1, 0.15) is 51.5 Å². The van der Waals surface area contributed by atoms with Crippen LogP contribution in [0.4, 0.5) is 0 Å². The molecule has 0 N–H and O–H groups in total. The maximum absolute atomic E-state index is 6.22. The molecular weight excluding hydrogens is 302 g/mol. The molecule has 0 saturated heterocycles. The number of halogens is 1. The number of rotatable bonds is 10. The molecule has 0 aromatic heterocycles. The topological polar surface area (TPSA) is 3.24 Å². The smallest absolute Gasteiger partial charge is 0.100 e. The molecule has 1 atom stereocenters. The van der Waals surface area contributed by atoms with Crippen LogP contribution in [0.15, 0.2) is 60.3 Å². The van der Waals surface area contributed by atoms with E-state index in [4.69, 9.17) is 11.6 Å². The number of hydrogen-bond acceptors (Lipinski definition) is 1. The van der Waals surface area contributed by atoms with Gasteiger partial charge in [0.25, 0.3) is 0 Å². The van der Waals surface area contributed by atoms with E-state index in [-0.39, 0.29) is 5.50 Å². The molecule has 2 heteroatoms. The zero-order chi connectivity index (χ0) is 17.1. The van der Waals surface area contributed by atoms with E-state index in [0.717, 1.165) is 31.3 Å². The van der Waals surface area contributed by atoms with Crippen LogP contribution in [0, 0.1) is 0 Å². The monoisotopic (exact) mass is 331 g/mol. The lowest BCUT2D eigenvalue weighted by Gasteiger charge is -2.25. The summed E-state index contributed by atoms with van der Waals surface area (Å²) in [7, 11) is 2.06. The van der Waals surface area contributed by atoms with E-state index in [0.29, 0.717) is 0 Å². The standard InChI is InChI=1S/C21H30ClN/c1-5-18(2)17-21(23(4)19(3)22)16-12-7-6-9-13-20-14-10-8-11-15-20/h8-11,13-15,17,19H,2,5-7,12,16H2,1,3-4H3/b13-9+,21-17-. The second-order valence-corrected chi connectivity index (χ2v) is 6.52. The van der Waals surface area contributed by atoms with Crippen molar-refractivity contribution in [3.05, 3.63) is 65.9 Å². The van der Waals surface area contributed by atoms with Crippen molar-refractivity contribution in [3.63, 3.8) is 0 Å². The van der Waals surface area contributed by atoms with Gasteiger partial charge in [-0.1, -0.05) is 73.2 Å². The fourth-order valence-corrected chi connectivity index (χ4v) is 2.39. The molecule has 1 unspecified atom stereocenters. The van der Waals surface area contributed by atoms with E-state index >= 15 is 0 Å². The molecule has 0 aliphatic carbocycles. The van der Waals surface area contributed by atoms with Crippen molar-refractivity contribution in [2.45, 2.75) is 51.5 Å². The van der Waals surface area contributed by atoms with Gasteiger partial charge in [0.1, 0.15) is 5.50 Å². The molecule has 1 nitrogen and oxygen atoms in total. The van der Waals surface area contributed by atoms with Crippen LogP contribution in [-0.4, -0.2) is 17.4 Å². The minimum absolute atomic E-state index is 0.00359. The van der Waals surface area contributed by atoms with Gasteiger partial charge in [0, 0.05) is 12.7 Å². The predicted octanol–water partition coefficient (Wildman–Crippen LogP) is 6.63. The van der Waals surface area contributed by atoms with E-state index in [2.05, 4.69) is 67.9 Å². The summed E-state index contributed by atoms with van der Waals surface area (Å²) in [6.45, 7) is 8.23. The normalized spacial score (nSPS) is 13.3. The van der Waals surface area contributed by atoms with Gasteiger partial charge in [0.2, 0.25) is 0 Å². The van der Waals surface area contributed by atoms with Crippen molar-refractivity contribution in [2.24, 2.45) is 0 Å². The molecule has 0 bridgehead atoms. The molecule has 0 radical (unpaired) electrons. The van der Waals surface area contributed by atoms with Crippen molar-refractivity contribution in [1.29, 1.82) is 0 Å². The highest BCUT2D eigenvalue weighted by Gasteiger charge is 2.09. The van der Waals surface area contributed by atoms with Gasteiger partial charge in [-0.3, -0.25) is 0 Å². The summed E-state index contributed by atoms with van der Waals surface area (Å²) in [4.78, 5) is 2.14. The van der Waals surface area contributed by atoms with Crippen molar-refractivity contribution in [2.75, 3.05) is 7.05 Å². The Morgan fingerprint density at radius 2 is 1.96 bits per heavy atom. The van der Waals surface area contributed by atoms with Crippen LogP contribution in [0.25, 0.3) is 6.08 Å². The van der Waals surface area contributed by atoms with E-state index in [1.807, 2.05) is 13.0 Å². The zero-order valence-corrected chi connectivity index (χ0v) is 15.5. The molecule has 23 heavy (non-hydrogen) atoms. The van der Waals surface area contributed by atoms with Crippen LogP contribution < -0.4 is 0 Å². The van der Waals surface area contributed by atoms with Gasteiger partial charge < -0.3 is 4.90 Å². The van der Waals surface area contributed by atoms with Gasteiger partial charge >= 0.3 is 0 Å². The first-order chi connectivity index (χ1) is 11.0. The molecular formula is C21H30ClN. The highest BCUT2D eigenvalue weighted by atomic mass is 35.5. The molecule has 1 aromatic rings. The minimum atomic E-state index is 0.00359. The zero-order valence-electron chi connectivity index (χ0n) is 14.8. The molecule has 0 spiro atoms. The average molecular weight is 332 g/mol. The maximum Gasteiger partial charge on any atom is 0.100 e. The lowest BCUT2D eigenvalue weighted by Crippen LogP contribution is -2.24. The Labute approximate surface area is 147 Å². The van der Waals surface area contributed by atoms with Crippen LogP contribution in [0.5, 0.6) is 0 Å². The Morgan fingerprint density at radius 3 is 2.57 bits per heavy atom. The molecule has 0 saturated carbocycles. The Kier molecular flexibility index (Phi) is 9.47. The molecule has 1 rings (SSSR count). The van der Waals surface area contributed by atoms with Crippen LogP contribution in [0.3, 0.4) is 0 Å². The maximum atomic E-state index is 6.22. The highest BCUT2D eigenvalue weighted by molar-refractivity contribution is 6.20. The molecule has 0 aliphatic rings. The number of allylic oxidation sites excluding steroid dienone is 4. The number of hydrogen-bond donors (Lipinski definition) is 0. The van der Waals surface area contributed by atoms with Gasteiger partial charge in [-0.15, -0.1) is 0 Å². The molecule has 0 heterocycles. The summed E-state index contributed by atoms with van der Waals surface area (Å²) in [6, 6.07) is 10.4. The Bertz CT molecular complexity index is 514. The quantitative estimate of drug-likeness (QED) is 0.201. The molecule has 126 valence electrons. The molecule has 0 aliphatic heterocycles. The van der Waals surface area contributed by atoms with Gasteiger partial charge in [-0.05, 0) is 50.7 Å². The van der Waals surface area contributed by atoms with Gasteiger partial charge in [0.05, 0.1) is 0 Å². The summed E-state index contributed by atoms with van der Waals surface area (Å²) in [5.74, 6) is 0. The first-order valence-electron chi connectivity index (χ1n) is 8.51. The lowest BCUT2D eigenvalue weighted by molar-refractivity contribution is 0.384. The van der Waals surface area contributed by atoms with E-state index in [1.54, 1.807) is 0 Å². The van der Waals surface area contributed by atoms with Crippen molar-refractivity contribution < 1.29 is 0 Å². The summed E-state index contributed by atoms with van der Waals surface area (Å²) < 4.78 is 0. The number of alkyl halides is 1. The van der Waals surface area contributed by atoms with E-state index in [9.17, 15) is 0 Å². The predicted molar refractivity (Wildman–Crippen MR) is 105 cm³/mol. The third kappa shape index (κ3) is 8.08. The van der Waals surface area contributed by atoms with Gasteiger partial charge in [0.15, 0.2) is 0 Å². The van der Waals surface area contributed by atoms with Crippen molar-refractivity contribution in [3.8, 4) is 0 Å². The van der Waals surface area contributed by atoms with E-state index in [1.165, 1.54) is 17.7 Å². The first kappa shape index (κ1) is 19.6. The third-order valence-corrected chi connectivity index (χ3v) is 4.27. The van der Waals surface area contributed by atoms with Crippen molar-refractivity contribution in [1.82, 2.24) is 4.90 Å². The third-order valence-electron chi connectivity index (χ3n) is 3.98. The Morgan fingerprint density at radius 1 is 1.26 bits per heavy atom. The van der Waals surface area contributed by atoms with Crippen LogP contribution >= 0.6 is 11.6 Å². The van der Waals surface area contributed by atoms with Gasteiger partial charge in [-0.2, -0.15) is 0 Å². The van der Waals surface area contributed by atoms with Crippen molar-refractivity contribution >= 4 is 17.7 Å². The lowest BCUT2D eigenvalue weighted by atomic mass is 10.1. The summed E-state index contributed by atoms with van der Waals surface area (Å²) in [5.41, 5.74) is 3.71. The summed E-state index contributed by atoms with van der Waals surface area (Å²) >= 11 is 6.22. The fourth-order valence-electron chi connectivity index (χ4n) is 2.27. The number of unbranched alkanes of at least 4 members (excludes halogenated alkanes) is 2. The van der Waals surface area contributed by atoms with E-state index < -0.39 is 0 Å². The van der Waals surface area contributed by atoms with Gasteiger partial charge in [-0.25, -0.2) is 0 Å². The van der Waals surface area contributed by atoms with Crippen LogP contribution in [0.2, 0.25) is 0 Å². The Balaban J connectivity index is 2.42. The highest BCUT2D eigenvalue weighted by Crippen LogP contribution is 2.19. The first-order valence-corrected chi connectivity index (χ1v) is 8.95. The minimum Gasteiger partial charge on any atom is -0.362 e. The molecule has 0 amide bonds. The SMILES string of the molecule is C=C(/C=C(/CCCC/C=C/c1ccccc1)N(C)C(C)Cl)CC. The summed E-state index contributed by atoms with van der Waals surface area (Å²) in [6.07, 6.45) is 12.1. The fraction of sp³-hybridized carbons (Fsp3) is 0.429. The molecule has 1 aromatic carbocycles. The number of benzene rings is 1. The number of nitrogens with zero attached hydrogens (tertiary/aromatic N) is 1. The Hall–Kier alpha value is -1.47. The summed E-state index contributed by atoms with van der Waals surface area (Å²) in [5, 5.41) is 0. The largest absolute Gasteiger partial charge is 0.362 e. The van der Waals surface area contributed by atoms with Crippen LogP contribution in [-0.2, 0) is 0 Å².